The maximum atomic E-state index is 12.8. The molecule has 6 heteroatoms. The number of carbonyl (C=O) groups excluding carboxylic acids is 2. The quantitative estimate of drug-likeness (QED) is 0.411. The van der Waals surface area contributed by atoms with Crippen LogP contribution in [0, 0.1) is 0 Å². The van der Waals surface area contributed by atoms with Crippen molar-refractivity contribution < 1.29 is 23.8 Å². The molecule has 3 aromatic carbocycles. The lowest BCUT2D eigenvalue weighted by atomic mass is 10.2. The molecular weight excluding hydrogens is 418 g/mol. The molecule has 33 heavy (non-hydrogen) atoms. The highest BCUT2D eigenvalue weighted by Gasteiger charge is 2.26. The fourth-order valence-electron chi connectivity index (χ4n) is 2.95. The molecule has 0 saturated carbocycles. The molecule has 0 aromatic heterocycles. The van der Waals surface area contributed by atoms with Crippen LogP contribution in [-0.2, 0) is 27.5 Å². The summed E-state index contributed by atoms with van der Waals surface area (Å²) in [4.78, 5) is 26.6. The largest absolute Gasteiger partial charge is 0.489 e. The third kappa shape index (κ3) is 8.00. The normalized spacial score (nSPS) is 10.9. The van der Waals surface area contributed by atoms with E-state index in [2.05, 4.69) is 0 Å². The van der Waals surface area contributed by atoms with Gasteiger partial charge in [-0.3, -0.25) is 9.69 Å². The molecule has 172 valence electrons. The number of benzene rings is 3. The average Bonchev–Trinajstić information content (AvgIpc) is 2.80. The van der Waals surface area contributed by atoms with Gasteiger partial charge in [0.25, 0.3) is 0 Å². The summed E-state index contributed by atoms with van der Waals surface area (Å²) in [6.45, 7) is 5.62. The van der Waals surface area contributed by atoms with Gasteiger partial charge in [-0.25, -0.2) is 4.79 Å². The Balaban J connectivity index is 1.67. The Kier molecular flexibility index (Phi) is 8.08. The van der Waals surface area contributed by atoms with Crippen molar-refractivity contribution in [2.45, 2.75) is 39.6 Å². The topological polar surface area (TPSA) is 65.1 Å². The van der Waals surface area contributed by atoms with Crippen LogP contribution in [0.25, 0.3) is 0 Å². The van der Waals surface area contributed by atoms with Crippen molar-refractivity contribution in [2.75, 3.05) is 11.4 Å². The van der Waals surface area contributed by atoms with Gasteiger partial charge in [0.1, 0.15) is 31.1 Å². The first-order valence-electron chi connectivity index (χ1n) is 10.8. The molecule has 0 heterocycles. The summed E-state index contributed by atoms with van der Waals surface area (Å²) in [7, 11) is 0. The Bertz CT molecular complexity index is 1030. The van der Waals surface area contributed by atoms with Gasteiger partial charge in [0.05, 0.1) is 0 Å². The maximum absolute atomic E-state index is 12.8. The van der Waals surface area contributed by atoms with E-state index >= 15 is 0 Å². The van der Waals surface area contributed by atoms with Gasteiger partial charge in [-0.15, -0.1) is 0 Å². The van der Waals surface area contributed by atoms with Crippen molar-refractivity contribution in [1.82, 2.24) is 0 Å². The average molecular weight is 448 g/mol. The van der Waals surface area contributed by atoms with E-state index in [1.807, 2.05) is 60.7 Å². The number of amides is 1. The summed E-state index contributed by atoms with van der Waals surface area (Å²) in [6, 6.07) is 26.2. The lowest BCUT2D eigenvalue weighted by Gasteiger charge is -2.27. The smallest absolute Gasteiger partial charge is 0.415 e. The molecule has 3 rings (SSSR count). The highest BCUT2D eigenvalue weighted by atomic mass is 16.6. The van der Waals surface area contributed by atoms with E-state index in [1.54, 1.807) is 45.0 Å². The van der Waals surface area contributed by atoms with Crippen LogP contribution in [0.5, 0.6) is 5.75 Å². The summed E-state index contributed by atoms with van der Waals surface area (Å²) in [5.74, 6) is 0.118. The second kappa shape index (κ2) is 11.2. The molecule has 0 atom stereocenters. The molecular formula is C27H29NO5. The Morgan fingerprint density at radius 1 is 0.758 bits per heavy atom. The van der Waals surface area contributed by atoms with E-state index in [1.165, 1.54) is 4.90 Å². The van der Waals surface area contributed by atoms with Crippen molar-refractivity contribution in [3.63, 3.8) is 0 Å². The van der Waals surface area contributed by atoms with Gasteiger partial charge in [-0.2, -0.15) is 0 Å². The standard InChI is InChI=1S/C27H29NO5/c1-27(2,3)33-26(30)28(18-25(29)32-20-22-12-8-5-9-13-22)23-14-16-24(17-15-23)31-19-21-10-6-4-7-11-21/h4-17H,18-20H2,1-3H3. The first kappa shape index (κ1) is 23.9. The number of hydrogen-bond donors (Lipinski definition) is 0. The predicted octanol–water partition coefficient (Wildman–Crippen LogP) is 5.75. The molecule has 0 N–H and O–H groups in total. The van der Waals surface area contributed by atoms with Crippen molar-refractivity contribution >= 4 is 17.7 Å². The number of esters is 1. The minimum absolute atomic E-state index is 0.133. The lowest BCUT2D eigenvalue weighted by molar-refractivity contribution is -0.143. The summed E-state index contributed by atoms with van der Waals surface area (Å²) < 4.78 is 16.7. The minimum atomic E-state index is -0.706. The molecule has 0 aliphatic carbocycles. The first-order chi connectivity index (χ1) is 15.8. The van der Waals surface area contributed by atoms with Crippen LogP contribution in [0.4, 0.5) is 10.5 Å². The van der Waals surface area contributed by atoms with Crippen LogP contribution in [0.3, 0.4) is 0 Å². The van der Waals surface area contributed by atoms with Gasteiger partial charge in [-0.05, 0) is 56.2 Å². The predicted molar refractivity (Wildman–Crippen MR) is 127 cm³/mol. The van der Waals surface area contributed by atoms with Gasteiger partial charge in [0.15, 0.2) is 0 Å². The molecule has 0 saturated heterocycles. The third-order valence-electron chi connectivity index (χ3n) is 4.54. The second-order valence-electron chi connectivity index (χ2n) is 8.48. The van der Waals surface area contributed by atoms with Crippen LogP contribution >= 0.6 is 0 Å². The number of ether oxygens (including phenoxy) is 3. The van der Waals surface area contributed by atoms with Gasteiger partial charge < -0.3 is 14.2 Å². The molecule has 0 unspecified atom stereocenters. The van der Waals surface area contributed by atoms with Crippen molar-refractivity contribution in [3.05, 3.63) is 96.1 Å². The fraction of sp³-hybridized carbons (Fsp3) is 0.259. The van der Waals surface area contributed by atoms with Gasteiger partial charge in [-0.1, -0.05) is 60.7 Å². The summed E-state index contributed by atoms with van der Waals surface area (Å²) in [5, 5.41) is 0. The van der Waals surface area contributed by atoms with E-state index in [0.717, 1.165) is 11.1 Å². The monoisotopic (exact) mass is 447 g/mol. The number of hydrogen-bond acceptors (Lipinski definition) is 5. The van der Waals surface area contributed by atoms with E-state index in [0.29, 0.717) is 18.0 Å². The zero-order valence-corrected chi connectivity index (χ0v) is 19.2. The maximum Gasteiger partial charge on any atom is 0.415 e. The van der Waals surface area contributed by atoms with Gasteiger partial charge >= 0.3 is 12.1 Å². The van der Waals surface area contributed by atoms with Crippen molar-refractivity contribution in [1.29, 1.82) is 0 Å². The molecule has 0 bridgehead atoms. The third-order valence-corrected chi connectivity index (χ3v) is 4.54. The zero-order chi connectivity index (χ0) is 23.7. The molecule has 0 aliphatic heterocycles. The molecule has 6 nitrogen and oxygen atoms in total. The molecule has 0 aliphatic rings. The fourth-order valence-corrected chi connectivity index (χ4v) is 2.95. The van der Waals surface area contributed by atoms with Crippen LogP contribution < -0.4 is 9.64 Å². The van der Waals surface area contributed by atoms with Crippen molar-refractivity contribution in [3.8, 4) is 5.75 Å². The second-order valence-corrected chi connectivity index (χ2v) is 8.48. The molecule has 0 fully saturated rings. The Hall–Kier alpha value is -3.80. The van der Waals surface area contributed by atoms with Gasteiger partial charge in [0.2, 0.25) is 0 Å². The minimum Gasteiger partial charge on any atom is -0.489 e. The summed E-state index contributed by atoms with van der Waals surface area (Å²) >= 11 is 0. The summed E-state index contributed by atoms with van der Waals surface area (Å²) in [6.07, 6.45) is -0.628. The van der Waals surface area contributed by atoms with E-state index in [4.69, 9.17) is 14.2 Å². The van der Waals surface area contributed by atoms with Crippen molar-refractivity contribution in [2.24, 2.45) is 0 Å². The van der Waals surface area contributed by atoms with Crippen LogP contribution in [-0.4, -0.2) is 24.2 Å². The number of nitrogens with zero attached hydrogens (tertiary/aromatic N) is 1. The number of anilines is 1. The molecule has 0 radical (unpaired) electrons. The SMILES string of the molecule is CC(C)(C)OC(=O)N(CC(=O)OCc1ccccc1)c1ccc(OCc2ccccc2)cc1. The van der Waals surface area contributed by atoms with E-state index in [9.17, 15) is 9.59 Å². The Morgan fingerprint density at radius 3 is 1.85 bits per heavy atom. The van der Waals surface area contributed by atoms with E-state index in [-0.39, 0.29) is 13.2 Å². The zero-order valence-electron chi connectivity index (χ0n) is 19.2. The van der Waals surface area contributed by atoms with Crippen LogP contribution in [0.2, 0.25) is 0 Å². The molecule has 1 amide bonds. The Labute approximate surface area is 194 Å². The first-order valence-corrected chi connectivity index (χ1v) is 10.8. The number of rotatable bonds is 8. The van der Waals surface area contributed by atoms with Crippen LogP contribution in [0.1, 0.15) is 31.9 Å². The Morgan fingerprint density at radius 2 is 1.30 bits per heavy atom. The highest BCUT2D eigenvalue weighted by Crippen LogP contribution is 2.23. The summed E-state index contributed by atoms with van der Waals surface area (Å²) in [5.41, 5.74) is 1.72. The highest BCUT2D eigenvalue weighted by molar-refractivity contribution is 5.93. The van der Waals surface area contributed by atoms with E-state index < -0.39 is 17.7 Å². The lowest BCUT2D eigenvalue weighted by Crippen LogP contribution is -2.40. The molecule has 0 spiro atoms. The number of carbonyl (C=O) groups is 2. The molecule has 3 aromatic rings. The van der Waals surface area contributed by atoms with Gasteiger partial charge in [0, 0.05) is 5.69 Å². The van der Waals surface area contributed by atoms with Crippen LogP contribution in [0.15, 0.2) is 84.9 Å².